The number of Topliss-reactive ketones (excluding diaryl/α,β-unsaturated/α-hetero) is 2. The van der Waals surface area contributed by atoms with Crippen LogP contribution in [-0.2, 0) is 11.2 Å². The quantitative estimate of drug-likeness (QED) is 0.833. The largest absolute Gasteiger partial charge is 0.287 e. The number of allylic oxidation sites excluding steroid dienone is 2. The maximum atomic E-state index is 12.9. The molecular weight excluding hydrogens is 338 g/mol. The van der Waals surface area contributed by atoms with Gasteiger partial charge in [-0.2, -0.15) is 0 Å². The highest BCUT2D eigenvalue weighted by Gasteiger charge is 2.36. The van der Waals surface area contributed by atoms with E-state index >= 15 is 0 Å². The SMILES string of the molecule is CCc1ccc(N(C(C)=O)C2=C(Cl)C(=O)c3ccccc3C2=O)cc1. The third-order valence-corrected chi connectivity index (χ3v) is 4.53. The number of anilines is 1. The van der Waals surface area contributed by atoms with E-state index in [-0.39, 0.29) is 21.9 Å². The maximum Gasteiger partial charge on any atom is 0.228 e. The van der Waals surface area contributed by atoms with Gasteiger partial charge >= 0.3 is 0 Å². The van der Waals surface area contributed by atoms with Crippen LogP contribution in [0.3, 0.4) is 0 Å². The molecule has 0 heterocycles. The molecule has 25 heavy (non-hydrogen) atoms. The Morgan fingerprint density at radius 1 is 0.960 bits per heavy atom. The number of hydrogen-bond donors (Lipinski definition) is 0. The summed E-state index contributed by atoms with van der Waals surface area (Å²) in [7, 11) is 0. The molecule has 1 amide bonds. The summed E-state index contributed by atoms with van der Waals surface area (Å²) in [6, 6.07) is 13.7. The molecule has 0 radical (unpaired) electrons. The van der Waals surface area contributed by atoms with Gasteiger partial charge in [0.25, 0.3) is 0 Å². The highest BCUT2D eigenvalue weighted by molar-refractivity contribution is 6.50. The zero-order valence-electron chi connectivity index (χ0n) is 13.9. The van der Waals surface area contributed by atoms with Gasteiger partial charge in [0.1, 0.15) is 10.7 Å². The molecule has 0 aromatic heterocycles. The number of ketones is 2. The second kappa shape index (κ2) is 6.65. The van der Waals surface area contributed by atoms with Crippen molar-refractivity contribution in [2.75, 3.05) is 4.90 Å². The molecule has 5 heteroatoms. The Bertz CT molecular complexity index is 913. The van der Waals surface area contributed by atoms with Crippen LogP contribution in [0.5, 0.6) is 0 Å². The summed E-state index contributed by atoms with van der Waals surface area (Å²) < 4.78 is 0. The number of nitrogens with zero attached hydrogens (tertiary/aromatic N) is 1. The summed E-state index contributed by atoms with van der Waals surface area (Å²) in [6.07, 6.45) is 0.856. The molecule has 2 aromatic carbocycles. The van der Waals surface area contributed by atoms with Crippen molar-refractivity contribution in [2.45, 2.75) is 20.3 Å². The van der Waals surface area contributed by atoms with E-state index in [0.29, 0.717) is 5.69 Å². The minimum absolute atomic E-state index is 0.0953. The number of amides is 1. The lowest BCUT2D eigenvalue weighted by Crippen LogP contribution is -2.36. The summed E-state index contributed by atoms with van der Waals surface area (Å²) in [5.74, 6) is -1.28. The summed E-state index contributed by atoms with van der Waals surface area (Å²) >= 11 is 6.22. The first-order valence-corrected chi connectivity index (χ1v) is 8.31. The van der Waals surface area contributed by atoms with E-state index in [1.807, 2.05) is 19.1 Å². The Morgan fingerprint density at radius 3 is 2.04 bits per heavy atom. The highest BCUT2D eigenvalue weighted by Crippen LogP contribution is 2.33. The minimum Gasteiger partial charge on any atom is -0.287 e. The van der Waals surface area contributed by atoms with E-state index in [4.69, 9.17) is 11.6 Å². The number of rotatable bonds is 3. The fraction of sp³-hybridized carbons (Fsp3) is 0.150. The average Bonchev–Trinajstić information content (AvgIpc) is 2.63. The monoisotopic (exact) mass is 353 g/mol. The van der Waals surface area contributed by atoms with Crippen molar-refractivity contribution in [1.82, 2.24) is 0 Å². The molecule has 0 N–H and O–H groups in total. The zero-order chi connectivity index (χ0) is 18.1. The Kier molecular flexibility index (Phi) is 4.55. The molecule has 1 aliphatic carbocycles. The predicted octanol–water partition coefficient (Wildman–Crippen LogP) is 4.13. The Labute approximate surface area is 150 Å². The van der Waals surface area contributed by atoms with Crippen LogP contribution < -0.4 is 4.90 Å². The van der Waals surface area contributed by atoms with E-state index in [1.54, 1.807) is 36.4 Å². The molecule has 2 aromatic rings. The van der Waals surface area contributed by atoms with Crippen LogP contribution in [-0.4, -0.2) is 17.5 Å². The summed E-state index contributed by atoms with van der Waals surface area (Å²) in [5.41, 5.74) is 2.01. The molecule has 1 aliphatic rings. The second-order valence-electron chi connectivity index (χ2n) is 5.74. The third kappa shape index (κ3) is 2.89. The summed E-state index contributed by atoms with van der Waals surface area (Å²) in [5, 5.41) is -0.238. The van der Waals surface area contributed by atoms with Crippen LogP contribution in [0.15, 0.2) is 59.3 Å². The standard InChI is InChI=1S/C20H16ClNO3/c1-3-13-8-10-14(11-9-13)22(12(2)23)18-17(21)19(24)15-6-4-5-7-16(15)20(18)25/h4-11H,3H2,1-2H3. The van der Waals surface area contributed by atoms with Crippen LogP contribution in [0.4, 0.5) is 5.69 Å². The van der Waals surface area contributed by atoms with Crippen LogP contribution in [0.25, 0.3) is 0 Å². The van der Waals surface area contributed by atoms with E-state index in [9.17, 15) is 14.4 Å². The lowest BCUT2D eigenvalue weighted by Gasteiger charge is -2.27. The summed E-state index contributed by atoms with van der Waals surface area (Å²) in [4.78, 5) is 39.0. The van der Waals surface area contributed by atoms with Crippen molar-refractivity contribution in [3.63, 3.8) is 0 Å². The first kappa shape index (κ1) is 17.1. The maximum absolute atomic E-state index is 12.9. The van der Waals surface area contributed by atoms with Gasteiger partial charge in [-0.1, -0.05) is 54.9 Å². The number of halogens is 1. The van der Waals surface area contributed by atoms with Gasteiger partial charge in [0.2, 0.25) is 17.5 Å². The molecule has 0 spiro atoms. The third-order valence-electron chi connectivity index (χ3n) is 4.18. The smallest absolute Gasteiger partial charge is 0.228 e. The van der Waals surface area contributed by atoms with Gasteiger partial charge in [-0.25, -0.2) is 0 Å². The normalized spacial score (nSPS) is 13.7. The number of hydrogen-bond acceptors (Lipinski definition) is 3. The number of fused-ring (bicyclic) bond motifs is 1. The lowest BCUT2D eigenvalue weighted by molar-refractivity contribution is -0.116. The second-order valence-corrected chi connectivity index (χ2v) is 6.12. The average molecular weight is 354 g/mol. The van der Waals surface area contributed by atoms with Crippen LogP contribution >= 0.6 is 11.6 Å². The van der Waals surface area contributed by atoms with E-state index in [1.165, 1.54) is 11.8 Å². The van der Waals surface area contributed by atoms with Crippen LogP contribution in [0, 0.1) is 0 Å². The minimum atomic E-state index is -0.455. The van der Waals surface area contributed by atoms with Gasteiger partial charge in [0.05, 0.1) is 0 Å². The molecule has 0 atom stereocenters. The fourth-order valence-electron chi connectivity index (χ4n) is 2.88. The number of carbonyl (C=O) groups excluding carboxylic acids is 3. The van der Waals surface area contributed by atoms with Crippen molar-refractivity contribution in [3.05, 3.63) is 76.0 Å². The van der Waals surface area contributed by atoms with E-state index in [2.05, 4.69) is 0 Å². The first-order valence-electron chi connectivity index (χ1n) is 7.93. The molecule has 0 fully saturated rings. The zero-order valence-corrected chi connectivity index (χ0v) is 14.6. The fourth-order valence-corrected chi connectivity index (χ4v) is 3.15. The Balaban J connectivity index is 2.16. The molecule has 3 rings (SSSR count). The Morgan fingerprint density at radius 2 is 1.52 bits per heavy atom. The van der Waals surface area contributed by atoms with Gasteiger partial charge in [-0.3, -0.25) is 19.3 Å². The number of carbonyl (C=O) groups is 3. The van der Waals surface area contributed by atoms with Crippen molar-refractivity contribution in [1.29, 1.82) is 0 Å². The van der Waals surface area contributed by atoms with Crippen LogP contribution in [0.1, 0.15) is 40.1 Å². The van der Waals surface area contributed by atoms with Gasteiger partial charge < -0.3 is 0 Å². The molecule has 0 aliphatic heterocycles. The molecule has 0 saturated heterocycles. The van der Waals surface area contributed by atoms with Crippen molar-refractivity contribution in [2.24, 2.45) is 0 Å². The van der Waals surface area contributed by atoms with Crippen molar-refractivity contribution >= 4 is 34.8 Å². The molecule has 0 saturated carbocycles. The highest BCUT2D eigenvalue weighted by atomic mass is 35.5. The molecular formula is C20H16ClNO3. The van der Waals surface area contributed by atoms with Crippen molar-refractivity contribution in [3.8, 4) is 0 Å². The topological polar surface area (TPSA) is 54.5 Å². The number of benzene rings is 2. The molecule has 4 nitrogen and oxygen atoms in total. The van der Waals surface area contributed by atoms with E-state index in [0.717, 1.165) is 12.0 Å². The van der Waals surface area contributed by atoms with Gasteiger partial charge in [-0.05, 0) is 24.1 Å². The Hall–Kier alpha value is -2.72. The first-order chi connectivity index (χ1) is 12.0. The summed E-state index contributed by atoms with van der Waals surface area (Å²) in [6.45, 7) is 3.36. The van der Waals surface area contributed by atoms with E-state index < -0.39 is 17.5 Å². The predicted molar refractivity (Wildman–Crippen MR) is 97.0 cm³/mol. The lowest BCUT2D eigenvalue weighted by atomic mass is 9.91. The van der Waals surface area contributed by atoms with Crippen LogP contribution in [0.2, 0.25) is 0 Å². The van der Waals surface area contributed by atoms with Gasteiger partial charge in [0.15, 0.2) is 0 Å². The van der Waals surface area contributed by atoms with Crippen molar-refractivity contribution < 1.29 is 14.4 Å². The van der Waals surface area contributed by atoms with Gasteiger partial charge in [-0.15, -0.1) is 0 Å². The molecule has 126 valence electrons. The molecule has 0 unspecified atom stereocenters. The molecule has 0 bridgehead atoms. The van der Waals surface area contributed by atoms with Gasteiger partial charge in [0, 0.05) is 23.7 Å². The number of aryl methyl sites for hydroxylation is 1.